The first-order chi connectivity index (χ1) is 13.6. The summed E-state index contributed by atoms with van der Waals surface area (Å²) in [5.41, 5.74) is 2.16. The van der Waals surface area contributed by atoms with Gasteiger partial charge in [-0.3, -0.25) is 4.79 Å². The Morgan fingerprint density at radius 3 is 2.86 bits per heavy atom. The maximum Gasteiger partial charge on any atom is 0.291 e. The first kappa shape index (κ1) is 16.5. The number of fused-ring (bicyclic) bond motifs is 1. The van der Waals surface area contributed by atoms with E-state index < -0.39 is 5.91 Å². The van der Waals surface area contributed by atoms with Gasteiger partial charge in [0.05, 0.1) is 6.54 Å². The van der Waals surface area contributed by atoms with Crippen molar-refractivity contribution in [3.63, 3.8) is 0 Å². The molecular weight excluding hydrogens is 364 g/mol. The van der Waals surface area contributed by atoms with Crippen LogP contribution in [-0.4, -0.2) is 40.8 Å². The second kappa shape index (κ2) is 6.22. The molecule has 1 N–H and O–H groups in total. The lowest BCUT2D eigenvalue weighted by atomic mass is 10.3. The topological polar surface area (TPSA) is 137 Å². The zero-order valence-electron chi connectivity index (χ0n) is 15.2. The summed E-state index contributed by atoms with van der Waals surface area (Å²) in [5.74, 6) is 1.79. The van der Waals surface area contributed by atoms with Gasteiger partial charge in [0.15, 0.2) is 5.69 Å². The largest absolute Gasteiger partial charge is 0.360 e. The number of amides is 1. The van der Waals surface area contributed by atoms with Crippen molar-refractivity contribution in [1.29, 1.82) is 0 Å². The minimum Gasteiger partial charge on any atom is -0.360 e. The summed E-state index contributed by atoms with van der Waals surface area (Å²) in [5, 5.41) is 14.7. The number of hydrogen-bond donors (Lipinski definition) is 1. The first-order valence-electron chi connectivity index (χ1n) is 8.85. The summed E-state index contributed by atoms with van der Waals surface area (Å²) >= 11 is 0. The molecule has 11 nitrogen and oxygen atoms in total. The Morgan fingerprint density at radius 1 is 1.18 bits per heavy atom. The minimum atomic E-state index is -0.459. The summed E-state index contributed by atoms with van der Waals surface area (Å²) in [6, 6.07) is 3.69. The van der Waals surface area contributed by atoms with Gasteiger partial charge < -0.3 is 14.4 Å². The number of nitrogens with zero attached hydrogens (tertiary/aromatic N) is 7. The lowest BCUT2D eigenvalue weighted by Crippen LogP contribution is -2.24. The molecule has 1 amide bonds. The van der Waals surface area contributed by atoms with Gasteiger partial charge in [-0.05, 0) is 32.8 Å². The summed E-state index contributed by atoms with van der Waals surface area (Å²) in [6.45, 7) is 3.77. The molecule has 0 atom stereocenters. The number of aryl methyl sites for hydroxylation is 2. The predicted molar refractivity (Wildman–Crippen MR) is 93.2 cm³/mol. The van der Waals surface area contributed by atoms with Gasteiger partial charge in [-0.2, -0.15) is 9.97 Å². The third-order valence-corrected chi connectivity index (χ3v) is 4.43. The summed E-state index contributed by atoms with van der Waals surface area (Å²) < 4.78 is 12.0. The fourth-order valence-electron chi connectivity index (χ4n) is 2.88. The van der Waals surface area contributed by atoms with Crippen molar-refractivity contribution in [2.75, 3.05) is 0 Å². The van der Waals surface area contributed by atoms with Crippen LogP contribution in [0.4, 0.5) is 0 Å². The highest BCUT2D eigenvalue weighted by Gasteiger charge is 2.28. The molecular formula is C17H16N8O3. The van der Waals surface area contributed by atoms with E-state index in [1.165, 1.54) is 4.52 Å². The molecule has 5 rings (SSSR count). The average molecular weight is 380 g/mol. The summed E-state index contributed by atoms with van der Waals surface area (Å²) in [7, 11) is 0. The maximum atomic E-state index is 12.4. The molecule has 142 valence electrons. The second-order valence-electron chi connectivity index (χ2n) is 6.77. The van der Waals surface area contributed by atoms with Crippen molar-refractivity contribution >= 4 is 11.7 Å². The van der Waals surface area contributed by atoms with Crippen molar-refractivity contribution in [1.82, 2.24) is 40.2 Å². The molecule has 0 aliphatic heterocycles. The van der Waals surface area contributed by atoms with Gasteiger partial charge in [0.25, 0.3) is 11.7 Å². The van der Waals surface area contributed by atoms with E-state index in [4.69, 9.17) is 9.05 Å². The molecule has 0 unspecified atom stereocenters. The zero-order chi connectivity index (χ0) is 19.3. The van der Waals surface area contributed by atoms with E-state index in [1.54, 1.807) is 0 Å². The predicted octanol–water partition coefficient (Wildman–Crippen LogP) is 1.59. The van der Waals surface area contributed by atoms with Crippen molar-refractivity contribution in [3.05, 3.63) is 41.0 Å². The maximum absolute atomic E-state index is 12.4. The molecule has 4 heterocycles. The minimum absolute atomic E-state index is 0.0199. The molecule has 4 aromatic heterocycles. The Kier molecular flexibility index (Phi) is 3.67. The Labute approximate surface area is 158 Å². The first-order valence-corrected chi connectivity index (χ1v) is 8.85. The van der Waals surface area contributed by atoms with E-state index in [1.807, 2.05) is 26.0 Å². The molecule has 0 spiro atoms. The Morgan fingerprint density at radius 2 is 2.04 bits per heavy atom. The van der Waals surface area contributed by atoms with Crippen molar-refractivity contribution in [2.45, 2.75) is 39.2 Å². The monoisotopic (exact) mass is 380 g/mol. The highest BCUT2D eigenvalue weighted by molar-refractivity contribution is 5.90. The van der Waals surface area contributed by atoms with E-state index in [9.17, 15) is 4.79 Å². The van der Waals surface area contributed by atoms with E-state index in [-0.39, 0.29) is 18.3 Å². The van der Waals surface area contributed by atoms with Gasteiger partial charge in [-0.25, -0.2) is 9.50 Å². The Balaban J connectivity index is 1.27. The molecule has 1 aliphatic carbocycles. The zero-order valence-corrected chi connectivity index (χ0v) is 15.2. The summed E-state index contributed by atoms with van der Waals surface area (Å²) in [4.78, 5) is 25.0. The van der Waals surface area contributed by atoms with Crippen LogP contribution in [-0.2, 0) is 6.54 Å². The van der Waals surface area contributed by atoms with Crippen LogP contribution in [0, 0.1) is 13.8 Å². The molecule has 0 saturated heterocycles. The smallest absolute Gasteiger partial charge is 0.291 e. The van der Waals surface area contributed by atoms with Crippen LogP contribution in [0.25, 0.3) is 17.3 Å². The summed E-state index contributed by atoms with van der Waals surface area (Å²) in [6.07, 6.45) is 2.23. The lowest BCUT2D eigenvalue weighted by Gasteiger charge is -1.97. The molecule has 1 aliphatic rings. The van der Waals surface area contributed by atoms with Crippen molar-refractivity contribution in [3.8, 4) is 11.5 Å². The van der Waals surface area contributed by atoms with E-state index >= 15 is 0 Å². The Bertz CT molecular complexity index is 1190. The van der Waals surface area contributed by atoms with Gasteiger partial charge in [0, 0.05) is 23.4 Å². The van der Waals surface area contributed by atoms with Crippen LogP contribution in [0.2, 0.25) is 0 Å². The van der Waals surface area contributed by atoms with E-state index in [0.717, 1.165) is 30.0 Å². The third kappa shape index (κ3) is 3.00. The molecule has 1 fully saturated rings. The van der Waals surface area contributed by atoms with Crippen LogP contribution >= 0.6 is 0 Å². The van der Waals surface area contributed by atoms with Crippen LogP contribution < -0.4 is 5.32 Å². The van der Waals surface area contributed by atoms with Gasteiger partial charge in [0.2, 0.25) is 17.5 Å². The van der Waals surface area contributed by atoms with Gasteiger partial charge in [-0.15, -0.1) is 5.10 Å². The van der Waals surface area contributed by atoms with Gasteiger partial charge in [-0.1, -0.05) is 10.3 Å². The molecule has 1 saturated carbocycles. The van der Waals surface area contributed by atoms with E-state index in [2.05, 4.69) is 35.7 Å². The van der Waals surface area contributed by atoms with Gasteiger partial charge in [0.1, 0.15) is 5.76 Å². The van der Waals surface area contributed by atoms with Gasteiger partial charge >= 0.3 is 0 Å². The molecule has 0 radical (unpaired) electrons. The second-order valence-corrected chi connectivity index (χ2v) is 6.77. The fourth-order valence-corrected chi connectivity index (χ4v) is 2.88. The normalized spacial score (nSPS) is 13.9. The molecule has 0 bridgehead atoms. The Hall–Kier alpha value is -3.63. The van der Waals surface area contributed by atoms with Crippen LogP contribution in [0.1, 0.15) is 52.4 Å². The SMILES string of the molecule is Cc1cc(C)n2nc(C(=O)NCc3nc(-c4cc(C5CC5)on4)no3)nc2n1. The number of nitrogens with one attached hydrogen (secondary N) is 1. The molecule has 11 heteroatoms. The standard InChI is InChI=1S/C17H16N8O3/c1-8-5-9(2)25-17(19-8)21-15(22-25)16(26)18-7-13-20-14(24-28-13)11-6-12(27-23-11)10-3-4-10/h5-6,10H,3-4,7H2,1-2H3,(H,18,26). The lowest BCUT2D eigenvalue weighted by molar-refractivity contribution is 0.0936. The van der Waals surface area contributed by atoms with Crippen LogP contribution in [0.5, 0.6) is 0 Å². The van der Waals surface area contributed by atoms with E-state index in [0.29, 0.717) is 23.2 Å². The van der Waals surface area contributed by atoms with Crippen LogP contribution in [0.15, 0.2) is 21.2 Å². The quantitative estimate of drug-likeness (QED) is 0.547. The van der Waals surface area contributed by atoms with Crippen LogP contribution in [0.3, 0.4) is 0 Å². The fraction of sp³-hybridized carbons (Fsp3) is 0.353. The highest BCUT2D eigenvalue weighted by Crippen LogP contribution is 2.40. The van der Waals surface area contributed by atoms with Crippen molar-refractivity contribution in [2.24, 2.45) is 0 Å². The molecule has 4 aromatic rings. The number of aromatic nitrogens is 7. The highest BCUT2D eigenvalue weighted by atomic mass is 16.5. The number of rotatable bonds is 5. The van der Waals surface area contributed by atoms with Crippen molar-refractivity contribution < 1.29 is 13.8 Å². The number of hydrogen-bond acceptors (Lipinski definition) is 9. The third-order valence-electron chi connectivity index (χ3n) is 4.43. The number of carbonyl (C=O) groups excluding carboxylic acids is 1. The average Bonchev–Trinajstić information content (AvgIpc) is 3.10. The number of carbonyl (C=O) groups is 1. The molecule has 28 heavy (non-hydrogen) atoms. The molecule has 0 aromatic carbocycles.